The number of para-hydroxylation sites is 1. The first-order valence-electron chi connectivity index (χ1n) is 7.76. The van der Waals surface area contributed by atoms with Gasteiger partial charge in [0.25, 0.3) is 11.6 Å². The maximum atomic E-state index is 12.7. The molecule has 1 heterocycles. The summed E-state index contributed by atoms with van der Waals surface area (Å²) in [4.78, 5) is 27.8. The molecule has 0 fully saturated rings. The van der Waals surface area contributed by atoms with Gasteiger partial charge in [0, 0.05) is 17.6 Å². The standard InChI is InChI=1S/C18H14ClN3O4S/c1-3-9-21-16-14(26-2)5-4-6-15(16)27-18(21)20-17(23)12-10-11(19)7-8-13(12)22(24)25/h3-8,10H,1,9H2,2H3. The number of benzene rings is 2. The van der Waals surface area contributed by atoms with E-state index in [1.54, 1.807) is 17.8 Å². The number of halogens is 1. The fourth-order valence-corrected chi connectivity index (χ4v) is 3.86. The first-order chi connectivity index (χ1) is 13.0. The highest BCUT2D eigenvalue weighted by molar-refractivity contribution is 7.16. The average Bonchev–Trinajstić information content (AvgIpc) is 2.99. The summed E-state index contributed by atoms with van der Waals surface area (Å²) < 4.78 is 8.04. The summed E-state index contributed by atoms with van der Waals surface area (Å²) in [6.45, 7) is 4.13. The van der Waals surface area contributed by atoms with Gasteiger partial charge in [0.15, 0.2) is 4.80 Å². The van der Waals surface area contributed by atoms with E-state index in [-0.39, 0.29) is 16.3 Å². The Morgan fingerprint density at radius 2 is 2.22 bits per heavy atom. The molecular formula is C18H14ClN3O4S. The molecular weight excluding hydrogens is 390 g/mol. The molecule has 0 radical (unpaired) electrons. The van der Waals surface area contributed by atoms with Gasteiger partial charge in [0.2, 0.25) is 0 Å². The number of ether oxygens (including phenoxy) is 1. The Labute approximate surface area is 163 Å². The number of carbonyl (C=O) groups is 1. The SMILES string of the molecule is C=CCn1c(=NC(=O)c2cc(Cl)ccc2[N+](=O)[O-])sc2cccc(OC)c21. The second-order valence-electron chi connectivity index (χ2n) is 5.43. The summed E-state index contributed by atoms with van der Waals surface area (Å²) in [7, 11) is 1.56. The molecule has 0 saturated heterocycles. The number of nitro benzene ring substituents is 1. The normalized spacial score (nSPS) is 11.6. The minimum absolute atomic E-state index is 0.165. The molecule has 0 unspecified atom stereocenters. The molecule has 27 heavy (non-hydrogen) atoms. The molecule has 9 heteroatoms. The van der Waals surface area contributed by atoms with Crippen LogP contribution in [0.25, 0.3) is 10.2 Å². The van der Waals surface area contributed by atoms with Crippen LogP contribution in [0.4, 0.5) is 5.69 Å². The van der Waals surface area contributed by atoms with Crippen LogP contribution in [-0.4, -0.2) is 22.5 Å². The van der Waals surface area contributed by atoms with Crippen LogP contribution in [0.2, 0.25) is 5.02 Å². The van der Waals surface area contributed by atoms with E-state index in [9.17, 15) is 14.9 Å². The lowest BCUT2D eigenvalue weighted by atomic mass is 10.2. The monoisotopic (exact) mass is 403 g/mol. The molecule has 1 aromatic heterocycles. The Morgan fingerprint density at radius 1 is 1.44 bits per heavy atom. The summed E-state index contributed by atoms with van der Waals surface area (Å²) in [6, 6.07) is 9.32. The molecule has 0 atom stereocenters. The number of aromatic nitrogens is 1. The average molecular weight is 404 g/mol. The van der Waals surface area contributed by atoms with E-state index in [4.69, 9.17) is 16.3 Å². The van der Waals surface area contributed by atoms with Gasteiger partial charge in [-0.05, 0) is 24.3 Å². The van der Waals surface area contributed by atoms with Gasteiger partial charge in [-0.2, -0.15) is 4.99 Å². The molecule has 3 rings (SSSR count). The van der Waals surface area contributed by atoms with E-state index in [2.05, 4.69) is 11.6 Å². The number of nitrogens with zero attached hydrogens (tertiary/aromatic N) is 3. The van der Waals surface area contributed by atoms with E-state index < -0.39 is 10.8 Å². The summed E-state index contributed by atoms with van der Waals surface area (Å²) in [5, 5.41) is 11.4. The zero-order valence-electron chi connectivity index (χ0n) is 14.2. The quantitative estimate of drug-likeness (QED) is 0.363. The van der Waals surface area contributed by atoms with Gasteiger partial charge in [-0.3, -0.25) is 14.9 Å². The summed E-state index contributed by atoms with van der Waals surface area (Å²) in [5.41, 5.74) is 0.265. The Bertz CT molecular complexity index is 1130. The Balaban J connectivity index is 2.24. The molecule has 138 valence electrons. The minimum atomic E-state index is -0.743. The van der Waals surface area contributed by atoms with Crippen molar-refractivity contribution in [3.8, 4) is 5.75 Å². The predicted octanol–water partition coefficient (Wildman–Crippen LogP) is 4.20. The van der Waals surface area contributed by atoms with Crippen molar-refractivity contribution in [2.24, 2.45) is 4.99 Å². The van der Waals surface area contributed by atoms with Crippen LogP contribution in [0.5, 0.6) is 5.75 Å². The molecule has 0 aliphatic heterocycles. The van der Waals surface area contributed by atoms with Crippen LogP contribution >= 0.6 is 22.9 Å². The van der Waals surface area contributed by atoms with Gasteiger partial charge in [0.05, 0.1) is 16.7 Å². The van der Waals surface area contributed by atoms with E-state index in [0.717, 1.165) is 10.2 Å². The smallest absolute Gasteiger partial charge is 0.286 e. The van der Waals surface area contributed by atoms with Gasteiger partial charge < -0.3 is 9.30 Å². The topological polar surface area (TPSA) is 86.7 Å². The molecule has 0 aliphatic rings. The summed E-state index contributed by atoms with van der Waals surface area (Å²) >= 11 is 7.18. The first-order valence-corrected chi connectivity index (χ1v) is 8.96. The number of carbonyl (C=O) groups excluding carboxylic acids is 1. The van der Waals surface area contributed by atoms with Gasteiger partial charge in [0.1, 0.15) is 16.8 Å². The Morgan fingerprint density at radius 3 is 2.89 bits per heavy atom. The number of amides is 1. The Hall–Kier alpha value is -2.97. The van der Waals surface area contributed by atoms with E-state index in [1.807, 2.05) is 18.2 Å². The third-order valence-corrected chi connectivity index (χ3v) is 5.06. The van der Waals surface area contributed by atoms with E-state index in [1.165, 1.54) is 29.5 Å². The van der Waals surface area contributed by atoms with Gasteiger partial charge in [-0.1, -0.05) is 35.1 Å². The molecule has 7 nitrogen and oxygen atoms in total. The van der Waals surface area contributed by atoms with Crippen molar-refractivity contribution in [3.05, 3.63) is 74.6 Å². The van der Waals surface area contributed by atoms with E-state index in [0.29, 0.717) is 17.1 Å². The third kappa shape index (κ3) is 3.62. The molecule has 0 spiro atoms. The lowest BCUT2D eigenvalue weighted by Gasteiger charge is -2.06. The summed E-state index contributed by atoms with van der Waals surface area (Å²) in [6.07, 6.45) is 1.67. The highest BCUT2D eigenvalue weighted by Crippen LogP contribution is 2.28. The predicted molar refractivity (Wildman–Crippen MR) is 105 cm³/mol. The molecule has 0 N–H and O–H groups in total. The maximum Gasteiger partial charge on any atom is 0.286 e. The number of fused-ring (bicyclic) bond motifs is 1. The van der Waals surface area contributed by atoms with Crippen LogP contribution in [0, 0.1) is 10.1 Å². The van der Waals surface area contributed by atoms with Gasteiger partial charge in [-0.25, -0.2) is 0 Å². The fraction of sp³-hybridized carbons (Fsp3) is 0.111. The van der Waals surface area contributed by atoms with E-state index >= 15 is 0 Å². The number of hydrogen-bond acceptors (Lipinski definition) is 5. The fourth-order valence-electron chi connectivity index (χ4n) is 2.63. The van der Waals surface area contributed by atoms with Crippen LogP contribution < -0.4 is 9.54 Å². The number of hydrogen-bond donors (Lipinski definition) is 0. The zero-order valence-corrected chi connectivity index (χ0v) is 15.8. The highest BCUT2D eigenvalue weighted by Gasteiger charge is 2.21. The number of allylic oxidation sites excluding steroid dienone is 1. The largest absolute Gasteiger partial charge is 0.495 e. The lowest BCUT2D eigenvalue weighted by Crippen LogP contribution is -2.17. The Kier molecular flexibility index (Phi) is 5.38. The van der Waals surface area contributed by atoms with Crippen molar-refractivity contribution in [1.29, 1.82) is 0 Å². The molecule has 0 saturated carbocycles. The van der Waals surface area contributed by atoms with Crippen molar-refractivity contribution < 1.29 is 14.5 Å². The second kappa shape index (κ2) is 7.73. The number of methoxy groups -OCH3 is 1. The van der Waals surface area contributed by atoms with Crippen LogP contribution in [0.1, 0.15) is 10.4 Å². The van der Waals surface area contributed by atoms with Crippen molar-refractivity contribution in [1.82, 2.24) is 4.57 Å². The van der Waals surface area contributed by atoms with Crippen molar-refractivity contribution in [2.75, 3.05) is 7.11 Å². The minimum Gasteiger partial charge on any atom is -0.495 e. The molecule has 1 amide bonds. The summed E-state index contributed by atoms with van der Waals surface area (Å²) in [5.74, 6) is -0.110. The van der Waals surface area contributed by atoms with Crippen LogP contribution in [0.15, 0.2) is 54.0 Å². The third-order valence-electron chi connectivity index (χ3n) is 3.78. The van der Waals surface area contributed by atoms with Gasteiger partial charge >= 0.3 is 0 Å². The van der Waals surface area contributed by atoms with Crippen molar-refractivity contribution in [3.63, 3.8) is 0 Å². The molecule has 0 bridgehead atoms. The van der Waals surface area contributed by atoms with Gasteiger partial charge in [-0.15, -0.1) is 6.58 Å². The lowest BCUT2D eigenvalue weighted by molar-refractivity contribution is -0.385. The number of thiazole rings is 1. The number of rotatable bonds is 5. The van der Waals surface area contributed by atoms with Crippen molar-refractivity contribution >= 4 is 44.7 Å². The van der Waals surface area contributed by atoms with Crippen LogP contribution in [-0.2, 0) is 6.54 Å². The second-order valence-corrected chi connectivity index (χ2v) is 6.87. The molecule has 3 aromatic rings. The molecule has 0 aliphatic carbocycles. The van der Waals surface area contributed by atoms with Crippen LogP contribution in [0.3, 0.4) is 0 Å². The molecule has 2 aromatic carbocycles. The number of nitro groups is 1. The zero-order chi connectivity index (χ0) is 19.6. The first kappa shape index (κ1) is 18.8. The maximum absolute atomic E-state index is 12.7. The van der Waals surface area contributed by atoms with Crippen molar-refractivity contribution in [2.45, 2.75) is 6.54 Å². The highest BCUT2D eigenvalue weighted by atomic mass is 35.5.